The second-order valence-corrected chi connectivity index (χ2v) is 9.53. The summed E-state index contributed by atoms with van der Waals surface area (Å²) in [6.07, 6.45) is 0. The average molecular weight is 480 g/mol. The summed E-state index contributed by atoms with van der Waals surface area (Å²) in [5, 5.41) is 9.01. The maximum atomic E-state index is 6.39. The molecule has 33 heavy (non-hydrogen) atoms. The summed E-state index contributed by atoms with van der Waals surface area (Å²) in [4.78, 5) is 4.73. The lowest BCUT2D eigenvalue weighted by molar-refractivity contribution is 0.372. The number of rotatable bonds is 7. The third kappa shape index (κ3) is 5.07. The summed E-state index contributed by atoms with van der Waals surface area (Å²) < 4.78 is 5.78. The molecule has 0 aliphatic carbocycles. The number of aromatic nitrogens is 2. The zero-order valence-corrected chi connectivity index (χ0v) is 20.7. The molecular formula is C27H27Cl2N3O. The van der Waals surface area contributed by atoms with Crippen LogP contribution in [0.25, 0.3) is 11.4 Å². The molecule has 0 radical (unpaired) electrons. The molecule has 170 valence electrons. The van der Waals surface area contributed by atoms with Crippen LogP contribution in [-0.2, 0) is 0 Å². The van der Waals surface area contributed by atoms with Crippen LogP contribution >= 0.6 is 23.2 Å². The summed E-state index contributed by atoms with van der Waals surface area (Å²) >= 11 is 12.4. The largest absolute Gasteiger partial charge is 0.370 e. The Morgan fingerprint density at radius 1 is 0.818 bits per heavy atom. The first-order valence-electron chi connectivity index (χ1n) is 11.1. The van der Waals surface area contributed by atoms with E-state index in [2.05, 4.69) is 68.5 Å². The predicted octanol–water partition coefficient (Wildman–Crippen LogP) is 8.49. The third-order valence-electron chi connectivity index (χ3n) is 5.66. The van der Waals surface area contributed by atoms with E-state index >= 15 is 0 Å². The monoisotopic (exact) mass is 479 g/mol. The first-order valence-corrected chi connectivity index (χ1v) is 11.8. The SMILES string of the molecule is CC(C)c1cccc(C(C)C)c1NC(c1ccccc1)c1nc(-c2ccc(Cl)cc2Cl)no1. The first-order chi connectivity index (χ1) is 15.8. The van der Waals surface area contributed by atoms with Crippen molar-refractivity contribution in [1.82, 2.24) is 10.1 Å². The molecule has 1 aromatic heterocycles. The van der Waals surface area contributed by atoms with Crippen LogP contribution in [0, 0.1) is 0 Å². The fourth-order valence-corrected chi connectivity index (χ4v) is 4.42. The Hall–Kier alpha value is -2.82. The fourth-order valence-electron chi connectivity index (χ4n) is 3.93. The van der Waals surface area contributed by atoms with Crippen molar-refractivity contribution < 1.29 is 4.52 Å². The van der Waals surface area contributed by atoms with Gasteiger partial charge in [-0.1, -0.05) is 105 Å². The Balaban J connectivity index is 1.80. The van der Waals surface area contributed by atoms with E-state index in [1.54, 1.807) is 18.2 Å². The molecule has 0 aliphatic heterocycles. The van der Waals surface area contributed by atoms with Gasteiger partial charge in [-0.05, 0) is 46.7 Å². The van der Waals surface area contributed by atoms with E-state index in [0.717, 1.165) is 11.3 Å². The van der Waals surface area contributed by atoms with Crippen LogP contribution in [0.15, 0.2) is 71.3 Å². The van der Waals surface area contributed by atoms with Crippen molar-refractivity contribution in [3.63, 3.8) is 0 Å². The van der Waals surface area contributed by atoms with Crippen molar-refractivity contribution in [2.24, 2.45) is 0 Å². The van der Waals surface area contributed by atoms with Crippen molar-refractivity contribution in [2.45, 2.75) is 45.6 Å². The zero-order valence-electron chi connectivity index (χ0n) is 19.1. The highest BCUT2D eigenvalue weighted by Gasteiger charge is 2.25. The Bertz CT molecular complexity index is 1210. The summed E-state index contributed by atoms with van der Waals surface area (Å²) in [5.74, 6) is 1.61. The van der Waals surface area contributed by atoms with Crippen molar-refractivity contribution in [1.29, 1.82) is 0 Å². The number of hydrogen-bond acceptors (Lipinski definition) is 4. The van der Waals surface area contributed by atoms with Gasteiger partial charge < -0.3 is 9.84 Å². The van der Waals surface area contributed by atoms with E-state index < -0.39 is 0 Å². The van der Waals surface area contributed by atoms with E-state index in [0.29, 0.717) is 39.2 Å². The van der Waals surface area contributed by atoms with Crippen LogP contribution in [0.3, 0.4) is 0 Å². The topological polar surface area (TPSA) is 51.0 Å². The molecule has 1 N–H and O–H groups in total. The molecule has 4 nitrogen and oxygen atoms in total. The molecule has 0 bridgehead atoms. The number of nitrogens with one attached hydrogen (secondary N) is 1. The molecule has 6 heteroatoms. The van der Waals surface area contributed by atoms with E-state index in [-0.39, 0.29) is 6.04 Å². The molecule has 0 saturated carbocycles. The van der Waals surface area contributed by atoms with E-state index in [9.17, 15) is 0 Å². The number of benzene rings is 3. The molecule has 1 unspecified atom stereocenters. The number of halogens is 2. The van der Waals surface area contributed by atoms with Crippen molar-refractivity contribution in [2.75, 3.05) is 5.32 Å². The third-order valence-corrected chi connectivity index (χ3v) is 6.20. The van der Waals surface area contributed by atoms with Crippen LogP contribution in [0.2, 0.25) is 10.0 Å². The van der Waals surface area contributed by atoms with Gasteiger partial charge in [-0.3, -0.25) is 0 Å². The first kappa shape index (κ1) is 23.3. The Morgan fingerprint density at radius 2 is 1.48 bits per heavy atom. The van der Waals surface area contributed by atoms with E-state index in [1.807, 2.05) is 18.2 Å². The van der Waals surface area contributed by atoms with Gasteiger partial charge in [0, 0.05) is 16.3 Å². The summed E-state index contributed by atoms with van der Waals surface area (Å²) in [6, 6.07) is 21.5. The molecule has 1 atom stereocenters. The highest BCUT2D eigenvalue weighted by atomic mass is 35.5. The van der Waals surface area contributed by atoms with Gasteiger partial charge in [0.25, 0.3) is 5.89 Å². The maximum Gasteiger partial charge on any atom is 0.254 e. The molecular weight excluding hydrogens is 453 g/mol. The minimum atomic E-state index is -0.323. The highest BCUT2D eigenvalue weighted by Crippen LogP contribution is 2.37. The fraction of sp³-hybridized carbons (Fsp3) is 0.259. The molecule has 0 aliphatic rings. The molecule has 4 rings (SSSR count). The molecule has 1 heterocycles. The van der Waals surface area contributed by atoms with Crippen molar-refractivity contribution in [3.8, 4) is 11.4 Å². The van der Waals surface area contributed by atoms with Gasteiger partial charge in [-0.2, -0.15) is 4.98 Å². The summed E-state index contributed by atoms with van der Waals surface area (Å²) in [5.41, 5.74) is 5.32. The van der Waals surface area contributed by atoms with E-state index in [4.69, 9.17) is 32.7 Å². The van der Waals surface area contributed by atoms with E-state index in [1.165, 1.54) is 11.1 Å². The standard InChI is InChI=1S/C27H27Cl2N3O/c1-16(2)20-11-8-12-21(17(3)4)25(20)30-24(18-9-6-5-7-10-18)27-31-26(32-33-27)22-14-13-19(28)15-23(22)29/h5-17,24,30H,1-4H3. The molecule has 0 spiro atoms. The molecule has 4 aromatic rings. The van der Waals surface area contributed by atoms with Gasteiger partial charge in [0.15, 0.2) is 0 Å². The average Bonchev–Trinajstić information content (AvgIpc) is 3.27. The Morgan fingerprint density at radius 3 is 2.09 bits per heavy atom. The quantitative estimate of drug-likeness (QED) is 0.288. The number of nitrogens with zero attached hydrogens (tertiary/aromatic N) is 2. The number of para-hydroxylation sites is 1. The van der Waals surface area contributed by atoms with Crippen molar-refractivity contribution >= 4 is 28.9 Å². The van der Waals surface area contributed by atoms with Gasteiger partial charge in [0.2, 0.25) is 5.82 Å². The molecule has 0 saturated heterocycles. The number of anilines is 1. The van der Waals surface area contributed by atoms with Gasteiger partial charge in [-0.25, -0.2) is 0 Å². The van der Waals surface area contributed by atoms with Crippen LogP contribution in [0.5, 0.6) is 0 Å². The smallest absolute Gasteiger partial charge is 0.254 e. The van der Waals surface area contributed by atoms with Gasteiger partial charge in [0.1, 0.15) is 6.04 Å². The second-order valence-electron chi connectivity index (χ2n) is 8.69. The lowest BCUT2D eigenvalue weighted by atomic mass is 9.91. The number of hydrogen-bond donors (Lipinski definition) is 1. The van der Waals surface area contributed by atoms with Gasteiger partial charge >= 0.3 is 0 Å². The second kappa shape index (κ2) is 9.98. The van der Waals surface area contributed by atoms with Gasteiger partial charge in [-0.15, -0.1) is 0 Å². The Kier molecular flexibility index (Phi) is 7.06. The predicted molar refractivity (Wildman–Crippen MR) is 136 cm³/mol. The van der Waals surface area contributed by atoms with Crippen molar-refractivity contribution in [3.05, 3.63) is 99.4 Å². The van der Waals surface area contributed by atoms with Crippen LogP contribution in [0.4, 0.5) is 5.69 Å². The lowest BCUT2D eigenvalue weighted by Gasteiger charge is -2.25. The summed E-state index contributed by atoms with van der Waals surface area (Å²) in [6.45, 7) is 8.82. The molecule has 0 fully saturated rings. The zero-order chi connectivity index (χ0) is 23.5. The van der Waals surface area contributed by atoms with Crippen LogP contribution < -0.4 is 5.32 Å². The summed E-state index contributed by atoms with van der Waals surface area (Å²) in [7, 11) is 0. The maximum absolute atomic E-state index is 6.39. The van der Waals surface area contributed by atoms with Crippen LogP contribution in [0.1, 0.15) is 68.2 Å². The molecule has 0 amide bonds. The minimum absolute atomic E-state index is 0.323. The minimum Gasteiger partial charge on any atom is -0.370 e. The highest BCUT2D eigenvalue weighted by molar-refractivity contribution is 6.36. The lowest BCUT2D eigenvalue weighted by Crippen LogP contribution is -2.16. The van der Waals surface area contributed by atoms with Crippen LogP contribution in [-0.4, -0.2) is 10.1 Å². The molecule has 3 aromatic carbocycles. The Labute approximate surface area is 204 Å². The van der Waals surface area contributed by atoms with Gasteiger partial charge in [0.05, 0.1) is 5.02 Å². The normalized spacial score (nSPS) is 12.4.